The van der Waals surface area contributed by atoms with E-state index in [-0.39, 0.29) is 11.9 Å². The molecule has 1 saturated carbocycles. The summed E-state index contributed by atoms with van der Waals surface area (Å²) in [5.41, 5.74) is 1.61. The molecule has 0 N–H and O–H groups in total. The van der Waals surface area contributed by atoms with Crippen LogP contribution in [0, 0.1) is 6.92 Å². The summed E-state index contributed by atoms with van der Waals surface area (Å²) in [5.74, 6) is 0.804. The topological polar surface area (TPSA) is 42.4 Å². The summed E-state index contributed by atoms with van der Waals surface area (Å²) in [7, 11) is 0. The number of amides is 1. The van der Waals surface area contributed by atoms with Crippen LogP contribution in [0.1, 0.15) is 47.7 Å². The molecular weight excluding hydrogens is 308 g/mol. The lowest BCUT2D eigenvalue weighted by Gasteiger charge is -2.26. The zero-order valence-electron chi connectivity index (χ0n) is 13.8. The quantitative estimate of drug-likeness (QED) is 0.802. The van der Waals surface area contributed by atoms with Crippen molar-refractivity contribution in [3.05, 3.63) is 45.9 Å². The van der Waals surface area contributed by atoms with Crippen LogP contribution in [0.2, 0.25) is 0 Å². The van der Waals surface area contributed by atoms with Gasteiger partial charge in [-0.2, -0.15) is 0 Å². The van der Waals surface area contributed by atoms with Crippen LogP contribution in [0.5, 0.6) is 5.75 Å². The first-order chi connectivity index (χ1) is 11.0. The molecule has 0 unspecified atom stereocenters. The number of rotatable bonds is 6. The molecule has 0 atom stereocenters. The highest BCUT2D eigenvalue weighted by Gasteiger charge is 2.34. The van der Waals surface area contributed by atoms with Gasteiger partial charge in [-0.15, -0.1) is 11.3 Å². The number of benzene rings is 1. The minimum atomic E-state index is 0.0949. The minimum absolute atomic E-state index is 0.0949. The van der Waals surface area contributed by atoms with Crippen LogP contribution in [0.4, 0.5) is 0 Å². The first-order valence-electron chi connectivity index (χ1n) is 8.01. The van der Waals surface area contributed by atoms with Crippen molar-refractivity contribution in [1.82, 2.24) is 9.88 Å². The molecule has 1 aromatic heterocycles. The number of hydrogen-bond donors (Lipinski definition) is 0. The lowest BCUT2D eigenvalue weighted by atomic mass is 10.1. The molecule has 2 aromatic rings. The largest absolute Gasteiger partial charge is 0.487 e. The third-order valence-corrected chi connectivity index (χ3v) is 4.69. The molecule has 23 heavy (non-hydrogen) atoms. The van der Waals surface area contributed by atoms with Gasteiger partial charge in [-0.25, -0.2) is 4.98 Å². The average molecular weight is 330 g/mol. The van der Waals surface area contributed by atoms with E-state index in [2.05, 4.69) is 18.8 Å². The van der Waals surface area contributed by atoms with E-state index in [1.807, 2.05) is 41.5 Å². The van der Waals surface area contributed by atoms with E-state index >= 15 is 0 Å². The first kappa shape index (κ1) is 16.0. The number of nitrogens with zero attached hydrogens (tertiary/aromatic N) is 2. The van der Waals surface area contributed by atoms with Crippen molar-refractivity contribution in [1.29, 1.82) is 0 Å². The maximum atomic E-state index is 12.8. The predicted octanol–water partition coefficient (Wildman–Crippen LogP) is 4.04. The summed E-state index contributed by atoms with van der Waals surface area (Å²) < 4.78 is 5.79. The average Bonchev–Trinajstić information content (AvgIpc) is 3.26. The molecule has 1 aliphatic rings. The van der Waals surface area contributed by atoms with Gasteiger partial charge in [0.05, 0.1) is 10.7 Å². The number of carbonyl (C=O) groups excluding carboxylic acids is 1. The number of ether oxygens (including phenoxy) is 1. The van der Waals surface area contributed by atoms with E-state index in [4.69, 9.17) is 4.74 Å². The van der Waals surface area contributed by atoms with Crippen molar-refractivity contribution in [3.8, 4) is 5.75 Å². The maximum Gasteiger partial charge on any atom is 0.254 e. The van der Waals surface area contributed by atoms with Gasteiger partial charge in [0, 0.05) is 23.0 Å². The van der Waals surface area contributed by atoms with Crippen molar-refractivity contribution in [2.75, 3.05) is 0 Å². The Morgan fingerprint density at radius 2 is 2.22 bits per heavy atom. The lowest BCUT2D eigenvalue weighted by molar-refractivity contribution is 0.0689. The number of hydrogen-bond acceptors (Lipinski definition) is 4. The van der Waals surface area contributed by atoms with E-state index in [0.717, 1.165) is 23.5 Å². The monoisotopic (exact) mass is 330 g/mol. The van der Waals surface area contributed by atoms with Gasteiger partial charge in [0.25, 0.3) is 5.91 Å². The van der Waals surface area contributed by atoms with Crippen LogP contribution >= 0.6 is 11.3 Å². The maximum absolute atomic E-state index is 12.8. The highest BCUT2D eigenvalue weighted by atomic mass is 32.1. The Morgan fingerprint density at radius 3 is 2.83 bits per heavy atom. The smallest absolute Gasteiger partial charge is 0.254 e. The summed E-state index contributed by atoms with van der Waals surface area (Å²) in [6.07, 6.45) is 2.23. The molecule has 1 aromatic carbocycles. The third-order valence-electron chi connectivity index (χ3n) is 3.87. The number of carbonyl (C=O) groups is 1. The standard InChI is InChI=1S/C18H22N2O2S/c1-12(2)20(16-7-8-16)18(21)14-5-4-6-17(9-14)22-10-15-11-23-13(3)19-15/h4-6,9,11-12,16H,7-8,10H2,1-3H3. The van der Waals surface area contributed by atoms with Gasteiger partial charge in [0.15, 0.2) is 0 Å². The van der Waals surface area contributed by atoms with Gasteiger partial charge in [-0.05, 0) is 51.8 Å². The van der Waals surface area contributed by atoms with Gasteiger partial charge in [-0.3, -0.25) is 4.79 Å². The molecule has 1 aliphatic carbocycles. The van der Waals surface area contributed by atoms with Crippen LogP contribution in [0.15, 0.2) is 29.6 Å². The van der Waals surface area contributed by atoms with Crippen molar-refractivity contribution in [2.24, 2.45) is 0 Å². The van der Waals surface area contributed by atoms with Crippen LogP contribution in [0.3, 0.4) is 0 Å². The number of thiazole rings is 1. The van der Waals surface area contributed by atoms with E-state index in [0.29, 0.717) is 24.0 Å². The fraction of sp³-hybridized carbons (Fsp3) is 0.444. The van der Waals surface area contributed by atoms with Crippen LogP contribution in [-0.4, -0.2) is 27.9 Å². The molecule has 1 fully saturated rings. The first-order valence-corrected chi connectivity index (χ1v) is 8.89. The molecule has 0 bridgehead atoms. The summed E-state index contributed by atoms with van der Waals surface area (Å²) >= 11 is 1.61. The molecule has 1 heterocycles. The number of aryl methyl sites for hydroxylation is 1. The summed E-state index contributed by atoms with van der Waals surface area (Å²) in [6, 6.07) is 8.08. The molecule has 0 radical (unpaired) electrons. The number of aromatic nitrogens is 1. The van der Waals surface area contributed by atoms with Crippen LogP contribution < -0.4 is 4.74 Å². The summed E-state index contributed by atoms with van der Waals surface area (Å²) in [4.78, 5) is 19.1. The van der Waals surface area contributed by atoms with Crippen LogP contribution in [0.25, 0.3) is 0 Å². The Morgan fingerprint density at radius 1 is 1.43 bits per heavy atom. The Kier molecular flexibility index (Phi) is 4.66. The zero-order valence-corrected chi connectivity index (χ0v) is 14.6. The SMILES string of the molecule is Cc1nc(COc2cccc(C(=O)N(C(C)C)C3CC3)c2)cs1. The highest BCUT2D eigenvalue weighted by Crippen LogP contribution is 2.30. The lowest BCUT2D eigenvalue weighted by Crippen LogP contribution is -2.38. The molecule has 0 saturated heterocycles. The Balaban J connectivity index is 1.70. The van der Waals surface area contributed by atoms with Gasteiger partial charge < -0.3 is 9.64 Å². The van der Waals surface area contributed by atoms with Gasteiger partial charge >= 0.3 is 0 Å². The van der Waals surface area contributed by atoms with Crippen LogP contribution in [-0.2, 0) is 6.61 Å². The normalized spacial score (nSPS) is 14.1. The van der Waals surface area contributed by atoms with Gasteiger partial charge in [0.2, 0.25) is 0 Å². The molecule has 0 spiro atoms. The van der Waals surface area contributed by atoms with Gasteiger partial charge in [0.1, 0.15) is 12.4 Å². The molecule has 3 rings (SSSR count). The molecule has 5 heteroatoms. The van der Waals surface area contributed by atoms with E-state index in [1.54, 1.807) is 11.3 Å². The zero-order chi connectivity index (χ0) is 16.4. The third kappa shape index (κ3) is 3.91. The molecule has 122 valence electrons. The second-order valence-electron chi connectivity index (χ2n) is 6.21. The van der Waals surface area contributed by atoms with E-state index in [1.165, 1.54) is 0 Å². The Bertz CT molecular complexity index is 690. The van der Waals surface area contributed by atoms with E-state index in [9.17, 15) is 4.79 Å². The second kappa shape index (κ2) is 6.71. The molecular formula is C18H22N2O2S. The van der Waals surface area contributed by atoms with E-state index < -0.39 is 0 Å². The molecule has 4 nitrogen and oxygen atoms in total. The van der Waals surface area contributed by atoms with Gasteiger partial charge in [-0.1, -0.05) is 6.07 Å². The fourth-order valence-electron chi connectivity index (χ4n) is 2.67. The van der Waals surface area contributed by atoms with Crippen molar-refractivity contribution in [3.63, 3.8) is 0 Å². The summed E-state index contributed by atoms with van der Waals surface area (Å²) in [6.45, 7) is 6.55. The highest BCUT2D eigenvalue weighted by molar-refractivity contribution is 7.09. The van der Waals surface area contributed by atoms with Crippen molar-refractivity contribution in [2.45, 2.75) is 52.3 Å². The minimum Gasteiger partial charge on any atom is -0.487 e. The Labute approximate surface area is 141 Å². The van der Waals surface area contributed by atoms with Crippen molar-refractivity contribution >= 4 is 17.2 Å². The Hall–Kier alpha value is -1.88. The fourth-order valence-corrected chi connectivity index (χ4v) is 3.27. The van der Waals surface area contributed by atoms with Crippen molar-refractivity contribution < 1.29 is 9.53 Å². The molecule has 1 amide bonds. The second-order valence-corrected chi connectivity index (χ2v) is 7.27. The molecule has 0 aliphatic heterocycles. The predicted molar refractivity (Wildman–Crippen MR) is 92.0 cm³/mol. The summed E-state index contributed by atoms with van der Waals surface area (Å²) in [5, 5.41) is 3.03.